The fourth-order valence-corrected chi connectivity index (χ4v) is 2.45. The third kappa shape index (κ3) is 3.71. The highest BCUT2D eigenvalue weighted by molar-refractivity contribution is 5.83. The first kappa shape index (κ1) is 16.0. The van der Waals surface area contributed by atoms with Gasteiger partial charge in [0, 0.05) is 27.7 Å². The van der Waals surface area contributed by atoms with Crippen LogP contribution in [0.3, 0.4) is 0 Å². The minimum Gasteiger partial charge on any atom is -0.590 e. The van der Waals surface area contributed by atoms with Crippen LogP contribution in [0.5, 0.6) is 0 Å². The normalized spacial score (nSPS) is 12.4. The minimum absolute atomic E-state index is 0.578. The molecule has 0 atom stereocenters. The van der Waals surface area contributed by atoms with Crippen molar-refractivity contribution in [1.29, 1.82) is 0 Å². The van der Waals surface area contributed by atoms with Gasteiger partial charge in [0.1, 0.15) is 0 Å². The molecule has 1 aromatic heterocycles. The standard InChI is InChI=1S/C20H20N2O2/c1-20(2,3)24-19(23)21-22-14-17-12-8-7-11-16(17)13-18(22)15-9-5-4-6-10-15/h4-14H,1-3H3. The molecule has 0 saturated carbocycles. The molecular weight excluding hydrogens is 300 g/mol. The van der Waals surface area contributed by atoms with Gasteiger partial charge in [-0.15, -0.1) is 0 Å². The van der Waals surface area contributed by atoms with E-state index in [1.54, 1.807) is 4.68 Å². The van der Waals surface area contributed by atoms with Crippen molar-refractivity contribution >= 4 is 16.9 Å². The molecule has 0 aliphatic heterocycles. The monoisotopic (exact) mass is 320 g/mol. The van der Waals surface area contributed by atoms with Gasteiger partial charge in [-0.1, -0.05) is 57.2 Å². The first-order valence-electron chi connectivity index (χ1n) is 7.87. The summed E-state index contributed by atoms with van der Waals surface area (Å²) in [7, 11) is 0. The molecule has 24 heavy (non-hydrogen) atoms. The summed E-state index contributed by atoms with van der Waals surface area (Å²) < 4.78 is 6.91. The lowest BCUT2D eigenvalue weighted by Gasteiger charge is -2.27. The van der Waals surface area contributed by atoms with Gasteiger partial charge in [-0.05, 0) is 28.3 Å². The predicted octanol–water partition coefficient (Wildman–Crippen LogP) is 3.09. The van der Waals surface area contributed by atoms with E-state index in [1.165, 1.54) is 0 Å². The van der Waals surface area contributed by atoms with Crippen LogP contribution in [0.15, 0.2) is 72.0 Å². The van der Waals surface area contributed by atoms with Crippen molar-refractivity contribution in [2.45, 2.75) is 26.4 Å². The van der Waals surface area contributed by atoms with E-state index < -0.39 is 11.7 Å². The second-order valence-electron chi connectivity index (χ2n) is 6.58. The van der Waals surface area contributed by atoms with Crippen molar-refractivity contribution in [2.75, 3.05) is 0 Å². The smallest absolute Gasteiger partial charge is 0.245 e. The molecule has 0 fully saturated rings. The molecule has 0 amide bonds. The van der Waals surface area contributed by atoms with Crippen LogP contribution in [0, 0.1) is 0 Å². The molecule has 3 rings (SSSR count). The zero-order valence-electron chi connectivity index (χ0n) is 14.1. The van der Waals surface area contributed by atoms with Gasteiger partial charge in [-0.25, -0.2) is 0 Å². The summed E-state index contributed by atoms with van der Waals surface area (Å²) in [6, 6.07) is 19.9. The summed E-state index contributed by atoms with van der Waals surface area (Å²) >= 11 is 0. The molecule has 3 aromatic rings. The van der Waals surface area contributed by atoms with Crippen LogP contribution in [0.2, 0.25) is 0 Å². The van der Waals surface area contributed by atoms with E-state index in [-0.39, 0.29) is 0 Å². The Morgan fingerprint density at radius 1 is 0.958 bits per heavy atom. The average Bonchev–Trinajstić information content (AvgIpc) is 2.53. The number of hydrogen-bond donors (Lipinski definition) is 0. The van der Waals surface area contributed by atoms with Crippen LogP contribution in [0.4, 0.5) is 0 Å². The largest absolute Gasteiger partial charge is 0.590 e. The highest BCUT2D eigenvalue weighted by Gasteiger charge is 2.16. The van der Waals surface area contributed by atoms with Gasteiger partial charge in [-0.3, -0.25) is 0 Å². The first-order chi connectivity index (χ1) is 11.4. The van der Waals surface area contributed by atoms with Gasteiger partial charge in [0.2, 0.25) is 18.0 Å². The Bertz CT molecular complexity index is 881. The predicted molar refractivity (Wildman–Crippen MR) is 93.3 cm³/mol. The number of benzene rings is 2. The lowest BCUT2D eigenvalue weighted by atomic mass is 10.1. The lowest BCUT2D eigenvalue weighted by molar-refractivity contribution is -0.670. The number of rotatable bonds is 2. The van der Waals surface area contributed by atoms with Crippen molar-refractivity contribution in [1.82, 2.24) is 0 Å². The third-order valence-electron chi connectivity index (χ3n) is 3.45. The molecule has 2 aromatic carbocycles. The van der Waals surface area contributed by atoms with Gasteiger partial charge in [-0.2, -0.15) is 0 Å². The number of aromatic nitrogens is 1. The van der Waals surface area contributed by atoms with Gasteiger partial charge in [0.15, 0.2) is 0 Å². The zero-order valence-corrected chi connectivity index (χ0v) is 14.1. The molecule has 4 nitrogen and oxygen atoms in total. The maximum absolute atomic E-state index is 12.1. The molecule has 0 unspecified atom stereocenters. The molecular formula is C20H20N2O2. The molecule has 0 N–H and O–H groups in total. The summed E-state index contributed by atoms with van der Waals surface area (Å²) in [6.45, 7) is 5.47. The molecule has 0 aliphatic carbocycles. The Kier molecular flexibility index (Phi) is 4.21. The van der Waals surface area contributed by atoms with E-state index in [2.05, 4.69) is 5.10 Å². The number of fused-ring (bicyclic) bond motifs is 1. The quantitative estimate of drug-likeness (QED) is 0.414. The van der Waals surface area contributed by atoms with Crippen molar-refractivity contribution in [3.63, 3.8) is 0 Å². The van der Waals surface area contributed by atoms with E-state index in [4.69, 9.17) is 4.74 Å². The Balaban J connectivity index is 2.16. The fourth-order valence-electron chi connectivity index (χ4n) is 2.45. The van der Waals surface area contributed by atoms with Crippen LogP contribution in [0.1, 0.15) is 20.8 Å². The SMILES string of the molecule is CC(C)(C)OC([O-])=N[n+]1cc2ccccc2cc1-c1ccccc1. The average molecular weight is 320 g/mol. The van der Waals surface area contributed by atoms with Crippen LogP contribution >= 0.6 is 0 Å². The van der Waals surface area contributed by atoms with Crippen molar-refractivity contribution in [3.05, 3.63) is 66.9 Å². The fraction of sp³-hybridized carbons (Fsp3) is 0.200. The third-order valence-corrected chi connectivity index (χ3v) is 3.45. The van der Waals surface area contributed by atoms with E-state index in [1.807, 2.05) is 87.6 Å². The number of nitrogens with zero attached hydrogens (tertiary/aromatic N) is 2. The van der Waals surface area contributed by atoms with Crippen molar-refractivity contribution in [2.24, 2.45) is 5.10 Å². The molecule has 0 radical (unpaired) electrons. The van der Waals surface area contributed by atoms with Crippen LogP contribution < -0.4 is 9.78 Å². The maximum Gasteiger partial charge on any atom is 0.245 e. The molecule has 0 spiro atoms. The molecule has 0 saturated heterocycles. The van der Waals surface area contributed by atoms with Crippen LogP contribution in [-0.2, 0) is 4.74 Å². The van der Waals surface area contributed by atoms with Gasteiger partial charge in [0.05, 0.1) is 0 Å². The van der Waals surface area contributed by atoms with Gasteiger partial charge >= 0.3 is 0 Å². The van der Waals surface area contributed by atoms with E-state index >= 15 is 0 Å². The Labute approximate surface area is 141 Å². The maximum atomic E-state index is 12.1. The van der Waals surface area contributed by atoms with Crippen molar-refractivity contribution in [3.8, 4) is 11.3 Å². The summed E-state index contributed by atoms with van der Waals surface area (Å²) in [6.07, 6.45) is 1.24. The highest BCUT2D eigenvalue weighted by Crippen LogP contribution is 2.20. The Morgan fingerprint density at radius 2 is 1.58 bits per heavy atom. The second-order valence-corrected chi connectivity index (χ2v) is 6.58. The van der Waals surface area contributed by atoms with Crippen molar-refractivity contribution < 1.29 is 14.5 Å². The van der Waals surface area contributed by atoms with E-state index in [0.717, 1.165) is 22.0 Å². The number of ether oxygens (including phenoxy) is 1. The van der Waals surface area contributed by atoms with E-state index in [0.29, 0.717) is 0 Å². The minimum atomic E-state index is -0.611. The summed E-state index contributed by atoms with van der Waals surface area (Å²) in [5.74, 6) is 0. The molecule has 1 heterocycles. The lowest BCUT2D eigenvalue weighted by Crippen LogP contribution is -2.39. The van der Waals surface area contributed by atoms with Crippen LogP contribution in [0.25, 0.3) is 22.0 Å². The first-order valence-corrected chi connectivity index (χ1v) is 7.87. The van der Waals surface area contributed by atoms with Gasteiger partial charge < -0.3 is 9.84 Å². The topological polar surface area (TPSA) is 48.5 Å². The number of pyridine rings is 1. The van der Waals surface area contributed by atoms with Crippen LogP contribution in [-0.4, -0.2) is 11.7 Å². The summed E-state index contributed by atoms with van der Waals surface area (Å²) in [5.41, 5.74) is 1.24. The Hall–Kier alpha value is -2.88. The van der Waals surface area contributed by atoms with Gasteiger partial charge in [0.25, 0.3) is 0 Å². The number of hydrogen-bond acceptors (Lipinski definition) is 3. The second kappa shape index (κ2) is 6.32. The summed E-state index contributed by atoms with van der Waals surface area (Å²) in [4.78, 5) is 0. The Morgan fingerprint density at radius 3 is 2.25 bits per heavy atom. The van der Waals surface area contributed by atoms with E-state index in [9.17, 15) is 5.11 Å². The molecule has 122 valence electrons. The highest BCUT2D eigenvalue weighted by atomic mass is 16.6. The molecule has 0 aliphatic rings. The zero-order chi connectivity index (χ0) is 17.2. The molecule has 4 heteroatoms. The summed E-state index contributed by atoms with van der Waals surface area (Å²) in [5, 5.41) is 18.4. The molecule has 0 bridgehead atoms.